The summed E-state index contributed by atoms with van der Waals surface area (Å²) < 4.78 is 23.5. The van der Waals surface area contributed by atoms with Gasteiger partial charge in [-0.2, -0.15) is 0 Å². The molecule has 0 unspecified atom stereocenters. The van der Waals surface area contributed by atoms with E-state index in [1.165, 1.54) is 12.1 Å². The Labute approximate surface area is 161 Å². The molecule has 0 radical (unpaired) electrons. The van der Waals surface area contributed by atoms with Gasteiger partial charge >= 0.3 is 0 Å². The number of nitrogens with zero attached hydrogens (tertiary/aromatic N) is 1. The molecule has 0 fully saturated rings. The highest BCUT2D eigenvalue weighted by molar-refractivity contribution is 5.92. The summed E-state index contributed by atoms with van der Waals surface area (Å²) in [5.41, 5.74) is 2.96. The summed E-state index contributed by atoms with van der Waals surface area (Å²) in [6, 6.07) is 15.3. The lowest BCUT2D eigenvalue weighted by atomic mass is 10.2. The van der Waals surface area contributed by atoms with Crippen molar-refractivity contribution < 1.29 is 18.7 Å². The van der Waals surface area contributed by atoms with Crippen LogP contribution in [0.15, 0.2) is 60.8 Å². The van der Waals surface area contributed by atoms with Gasteiger partial charge in [0.1, 0.15) is 11.5 Å². The lowest BCUT2D eigenvalue weighted by molar-refractivity contribution is 0.0946. The second-order valence-electron chi connectivity index (χ2n) is 6.28. The maximum absolute atomic E-state index is 12.9. The van der Waals surface area contributed by atoms with Gasteiger partial charge in [-0.1, -0.05) is 18.2 Å². The van der Waals surface area contributed by atoms with E-state index in [0.717, 1.165) is 16.8 Å². The van der Waals surface area contributed by atoms with E-state index >= 15 is 0 Å². The summed E-state index contributed by atoms with van der Waals surface area (Å²) in [7, 11) is 0. The number of rotatable bonds is 6. The molecule has 7 heteroatoms. The Balaban J connectivity index is 1.30. The molecule has 1 aliphatic heterocycles. The van der Waals surface area contributed by atoms with E-state index in [9.17, 15) is 9.18 Å². The first-order chi connectivity index (χ1) is 13.7. The third-order valence-electron chi connectivity index (χ3n) is 4.30. The Kier molecular flexibility index (Phi) is 5.05. The van der Waals surface area contributed by atoms with Crippen LogP contribution in [0.4, 0.5) is 10.1 Å². The van der Waals surface area contributed by atoms with Crippen molar-refractivity contribution in [1.29, 1.82) is 0 Å². The molecule has 1 aromatic heterocycles. The maximum atomic E-state index is 12.9. The summed E-state index contributed by atoms with van der Waals surface area (Å²) >= 11 is 0. The molecule has 2 heterocycles. The van der Waals surface area contributed by atoms with Gasteiger partial charge in [-0.15, -0.1) is 0 Å². The zero-order chi connectivity index (χ0) is 19.3. The number of ether oxygens (including phenoxy) is 2. The summed E-state index contributed by atoms with van der Waals surface area (Å²) in [6.45, 7) is 1.12. The van der Waals surface area contributed by atoms with Crippen LogP contribution in [0.5, 0.6) is 11.5 Å². The van der Waals surface area contributed by atoms with E-state index in [1.807, 2.05) is 18.2 Å². The van der Waals surface area contributed by atoms with E-state index < -0.39 is 0 Å². The topological polar surface area (TPSA) is 72.5 Å². The number of anilines is 1. The summed E-state index contributed by atoms with van der Waals surface area (Å²) in [6.07, 6.45) is 1.60. The largest absolute Gasteiger partial charge is 0.454 e. The van der Waals surface area contributed by atoms with Crippen molar-refractivity contribution in [3.8, 4) is 11.5 Å². The van der Waals surface area contributed by atoms with Crippen LogP contribution in [0.2, 0.25) is 0 Å². The predicted octanol–water partition coefficient (Wildman–Crippen LogP) is 3.49. The molecule has 142 valence electrons. The van der Waals surface area contributed by atoms with E-state index in [2.05, 4.69) is 15.6 Å². The Bertz CT molecular complexity index is 975. The Hall–Kier alpha value is -3.61. The molecule has 0 bridgehead atoms. The quantitative estimate of drug-likeness (QED) is 0.686. The first kappa shape index (κ1) is 17.8. The molecular formula is C21H18FN3O3. The molecule has 0 aliphatic carbocycles. The van der Waals surface area contributed by atoms with Crippen LogP contribution in [-0.2, 0) is 13.1 Å². The maximum Gasteiger partial charge on any atom is 0.270 e. The lowest BCUT2D eigenvalue weighted by Gasteiger charge is -2.08. The minimum atomic E-state index is -0.262. The van der Waals surface area contributed by atoms with Crippen molar-refractivity contribution >= 4 is 11.6 Å². The SMILES string of the molecule is O=C(NCc1ccc2c(c1)OCO2)c1ccc(NCc2ccc(F)cc2)cn1. The number of amides is 1. The number of aromatic nitrogens is 1. The third-order valence-corrected chi connectivity index (χ3v) is 4.30. The molecule has 3 aromatic rings. The van der Waals surface area contributed by atoms with Crippen LogP contribution in [0, 0.1) is 5.82 Å². The average molecular weight is 379 g/mol. The molecule has 1 amide bonds. The number of hydrogen-bond donors (Lipinski definition) is 2. The number of benzene rings is 2. The van der Waals surface area contributed by atoms with Crippen molar-refractivity contribution in [3.05, 3.63) is 83.4 Å². The fraction of sp³-hybridized carbons (Fsp3) is 0.143. The average Bonchev–Trinajstić information content (AvgIpc) is 3.20. The lowest BCUT2D eigenvalue weighted by Crippen LogP contribution is -2.23. The summed E-state index contributed by atoms with van der Waals surface area (Å²) in [5, 5.41) is 6.02. The first-order valence-corrected chi connectivity index (χ1v) is 8.78. The molecule has 4 rings (SSSR count). The van der Waals surface area contributed by atoms with Gasteiger partial charge in [-0.05, 0) is 47.5 Å². The molecule has 0 saturated carbocycles. The molecule has 6 nitrogen and oxygen atoms in total. The molecule has 28 heavy (non-hydrogen) atoms. The van der Waals surface area contributed by atoms with Gasteiger partial charge in [0.2, 0.25) is 6.79 Å². The third kappa shape index (κ3) is 4.20. The van der Waals surface area contributed by atoms with Gasteiger partial charge in [0.15, 0.2) is 11.5 Å². The molecular weight excluding hydrogens is 361 g/mol. The van der Waals surface area contributed by atoms with Crippen molar-refractivity contribution in [2.75, 3.05) is 12.1 Å². The van der Waals surface area contributed by atoms with Crippen LogP contribution in [-0.4, -0.2) is 17.7 Å². The normalized spacial score (nSPS) is 11.9. The van der Waals surface area contributed by atoms with Crippen molar-refractivity contribution in [2.24, 2.45) is 0 Å². The zero-order valence-corrected chi connectivity index (χ0v) is 14.9. The van der Waals surface area contributed by atoms with Gasteiger partial charge in [0, 0.05) is 13.1 Å². The highest BCUT2D eigenvalue weighted by Crippen LogP contribution is 2.32. The molecule has 2 N–H and O–H groups in total. The van der Waals surface area contributed by atoms with Gasteiger partial charge in [-0.25, -0.2) is 9.37 Å². The highest BCUT2D eigenvalue weighted by atomic mass is 19.1. The molecule has 0 saturated heterocycles. The molecule has 1 aliphatic rings. The van der Waals surface area contributed by atoms with Crippen LogP contribution < -0.4 is 20.1 Å². The Morgan fingerprint density at radius 1 is 0.964 bits per heavy atom. The standard InChI is InChI=1S/C21H18FN3O3/c22-16-4-1-14(2-5-16)10-23-17-6-7-18(24-12-17)21(26)25-11-15-3-8-19-20(9-15)28-13-27-19/h1-9,12,23H,10-11,13H2,(H,25,26). The number of fused-ring (bicyclic) bond motifs is 1. The number of carbonyl (C=O) groups is 1. The van der Waals surface area contributed by atoms with E-state index in [1.54, 1.807) is 30.5 Å². The van der Waals surface area contributed by atoms with Crippen LogP contribution in [0.3, 0.4) is 0 Å². The van der Waals surface area contributed by atoms with Gasteiger partial charge in [0.05, 0.1) is 11.9 Å². The molecule has 0 atom stereocenters. The number of pyridine rings is 1. The minimum absolute atomic E-state index is 0.219. The van der Waals surface area contributed by atoms with Crippen molar-refractivity contribution in [2.45, 2.75) is 13.1 Å². The second kappa shape index (κ2) is 7.96. The number of carbonyl (C=O) groups excluding carboxylic acids is 1. The molecule has 0 spiro atoms. The second-order valence-corrected chi connectivity index (χ2v) is 6.28. The smallest absolute Gasteiger partial charge is 0.270 e. The zero-order valence-electron chi connectivity index (χ0n) is 14.9. The highest BCUT2D eigenvalue weighted by Gasteiger charge is 2.14. The number of hydrogen-bond acceptors (Lipinski definition) is 5. The summed E-state index contributed by atoms with van der Waals surface area (Å²) in [4.78, 5) is 16.5. The van der Waals surface area contributed by atoms with Gasteiger partial charge < -0.3 is 20.1 Å². The fourth-order valence-electron chi connectivity index (χ4n) is 2.76. The van der Waals surface area contributed by atoms with E-state index in [-0.39, 0.29) is 18.5 Å². The monoisotopic (exact) mass is 379 g/mol. The first-order valence-electron chi connectivity index (χ1n) is 8.78. The van der Waals surface area contributed by atoms with Gasteiger partial charge in [-0.3, -0.25) is 4.79 Å². The number of halogens is 1. The van der Waals surface area contributed by atoms with Crippen molar-refractivity contribution in [3.63, 3.8) is 0 Å². The predicted molar refractivity (Wildman–Crippen MR) is 102 cm³/mol. The van der Waals surface area contributed by atoms with Crippen LogP contribution in [0.25, 0.3) is 0 Å². The molecule has 2 aromatic carbocycles. The van der Waals surface area contributed by atoms with E-state index in [0.29, 0.717) is 30.3 Å². The van der Waals surface area contributed by atoms with Gasteiger partial charge in [0.25, 0.3) is 5.91 Å². The fourth-order valence-corrected chi connectivity index (χ4v) is 2.76. The van der Waals surface area contributed by atoms with E-state index in [4.69, 9.17) is 9.47 Å². The Morgan fingerprint density at radius 2 is 1.75 bits per heavy atom. The number of nitrogens with one attached hydrogen (secondary N) is 2. The summed E-state index contributed by atoms with van der Waals surface area (Å²) in [5.74, 6) is 0.867. The van der Waals surface area contributed by atoms with Crippen LogP contribution >= 0.6 is 0 Å². The minimum Gasteiger partial charge on any atom is -0.454 e. The van der Waals surface area contributed by atoms with Crippen LogP contribution in [0.1, 0.15) is 21.6 Å². The van der Waals surface area contributed by atoms with Crippen molar-refractivity contribution in [1.82, 2.24) is 10.3 Å². The Morgan fingerprint density at radius 3 is 2.54 bits per heavy atom.